The number of benzene rings is 1. The number of carbonyl (C=O) groups excluding carboxylic acids is 1. The molecule has 19 heavy (non-hydrogen) atoms. The van der Waals surface area contributed by atoms with Gasteiger partial charge in [0.1, 0.15) is 0 Å². The Labute approximate surface area is 119 Å². The summed E-state index contributed by atoms with van der Waals surface area (Å²) < 4.78 is 0. The predicted octanol–water partition coefficient (Wildman–Crippen LogP) is 2.55. The lowest BCUT2D eigenvalue weighted by Crippen LogP contribution is -2.35. The molecule has 0 unspecified atom stereocenters. The second-order valence-electron chi connectivity index (χ2n) is 5.14. The van der Waals surface area contributed by atoms with Crippen molar-refractivity contribution in [2.75, 3.05) is 6.54 Å². The molecule has 0 atom stereocenters. The van der Waals surface area contributed by atoms with Crippen molar-refractivity contribution in [1.82, 2.24) is 5.32 Å². The molecular formula is C15H20ClNO2. The van der Waals surface area contributed by atoms with E-state index in [1.807, 2.05) is 24.3 Å². The van der Waals surface area contributed by atoms with Crippen molar-refractivity contribution < 1.29 is 9.90 Å². The summed E-state index contributed by atoms with van der Waals surface area (Å²) in [4.78, 5) is 12.0. The molecule has 4 heteroatoms. The van der Waals surface area contributed by atoms with E-state index >= 15 is 0 Å². The number of hydrogen-bond donors (Lipinski definition) is 2. The largest absolute Gasteiger partial charge is 0.393 e. The van der Waals surface area contributed by atoms with Gasteiger partial charge in [0.05, 0.1) is 6.10 Å². The molecule has 1 aromatic rings. The van der Waals surface area contributed by atoms with Crippen LogP contribution in [0.15, 0.2) is 24.3 Å². The third kappa shape index (κ3) is 4.22. The van der Waals surface area contributed by atoms with E-state index in [1.54, 1.807) is 0 Å². The topological polar surface area (TPSA) is 49.3 Å². The van der Waals surface area contributed by atoms with Crippen LogP contribution < -0.4 is 5.32 Å². The highest BCUT2D eigenvalue weighted by Crippen LogP contribution is 2.24. The maximum atomic E-state index is 12.0. The second kappa shape index (κ2) is 6.92. The fraction of sp³-hybridized carbons (Fsp3) is 0.533. The molecule has 1 saturated carbocycles. The van der Waals surface area contributed by atoms with Gasteiger partial charge in [0.15, 0.2) is 0 Å². The van der Waals surface area contributed by atoms with Gasteiger partial charge in [0, 0.05) is 17.5 Å². The Morgan fingerprint density at radius 3 is 2.63 bits per heavy atom. The van der Waals surface area contributed by atoms with E-state index < -0.39 is 0 Å². The summed E-state index contributed by atoms with van der Waals surface area (Å²) in [6.45, 7) is 0.613. The highest BCUT2D eigenvalue weighted by Gasteiger charge is 2.24. The number of halogens is 1. The molecular weight excluding hydrogens is 262 g/mol. The molecule has 1 amide bonds. The van der Waals surface area contributed by atoms with Crippen LogP contribution in [-0.4, -0.2) is 23.7 Å². The van der Waals surface area contributed by atoms with Crippen molar-refractivity contribution >= 4 is 17.5 Å². The molecule has 0 spiro atoms. The van der Waals surface area contributed by atoms with Crippen molar-refractivity contribution in [1.29, 1.82) is 0 Å². The average molecular weight is 282 g/mol. The van der Waals surface area contributed by atoms with Crippen LogP contribution in [0.5, 0.6) is 0 Å². The van der Waals surface area contributed by atoms with Crippen LogP contribution in [0.1, 0.15) is 31.2 Å². The first kappa shape index (κ1) is 14.4. The van der Waals surface area contributed by atoms with Gasteiger partial charge in [-0.25, -0.2) is 0 Å². The molecule has 2 N–H and O–H groups in total. The molecule has 0 saturated heterocycles. The third-order valence-corrected chi connectivity index (χ3v) is 4.09. The lowest BCUT2D eigenvalue weighted by molar-refractivity contribution is -0.126. The van der Waals surface area contributed by atoms with Crippen LogP contribution >= 0.6 is 11.6 Å². The summed E-state index contributed by atoms with van der Waals surface area (Å²) in [6.07, 6.45) is 3.59. The molecule has 2 rings (SSSR count). The smallest absolute Gasteiger partial charge is 0.223 e. The summed E-state index contributed by atoms with van der Waals surface area (Å²) in [6, 6.07) is 7.69. The van der Waals surface area contributed by atoms with Gasteiger partial charge in [-0.05, 0) is 43.7 Å². The predicted molar refractivity (Wildman–Crippen MR) is 76.1 cm³/mol. The minimum absolute atomic E-state index is 0.0645. The zero-order valence-electron chi connectivity index (χ0n) is 10.9. The van der Waals surface area contributed by atoms with Crippen molar-refractivity contribution in [2.24, 2.45) is 5.92 Å². The second-order valence-corrected chi connectivity index (χ2v) is 5.55. The van der Waals surface area contributed by atoms with Gasteiger partial charge in [-0.15, -0.1) is 0 Å². The zero-order chi connectivity index (χ0) is 13.7. The Hall–Kier alpha value is -1.06. The molecule has 0 aliphatic heterocycles. The van der Waals surface area contributed by atoms with E-state index in [0.29, 0.717) is 6.54 Å². The summed E-state index contributed by atoms with van der Waals surface area (Å²) in [5.74, 6) is 0.175. The van der Waals surface area contributed by atoms with Crippen LogP contribution in [0.4, 0.5) is 0 Å². The first-order valence-corrected chi connectivity index (χ1v) is 7.24. The van der Waals surface area contributed by atoms with E-state index in [4.69, 9.17) is 11.6 Å². The number of hydrogen-bond acceptors (Lipinski definition) is 2. The SMILES string of the molecule is O=C(NCCc1ccccc1Cl)C1CCC(O)CC1. The van der Waals surface area contributed by atoms with Crippen molar-refractivity contribution in [2.45, 2.75) is 38.2 Å². The van der Waals surface area contributed by atoms with Gasteiger partial charge in [0.2, 0.25) is 5.91 Å². The van der Waals surface area contributed by atoms with E-state index in [2.05, 4.69) is 5.32 Å². The molecule has 1 aliphatic rings. The number of aliphatic hydroxyl groups excluding tert-OH is 1. The van der Waals surface area contributed by atoms with Crippen LogP contribution in [0, 0.1) is 5.92 Å². The summed E-state index contributed by atoms with van der Waals surface area (Å²) in [7, 11) is 0. The maximum Gasteiger partial charge on any atom is 0.223 e. The van der Waals surface area contributed by atoms with Crippen molar-refractivity contribution in [3.63, 3.8) is 0 Å². The maximum absolute atomic E-state index is 12.0. The Kier molecular flexibility index (Phi) is 5.23. The normalized spacial score (nSPS) is 23.1. The molecule has 0 heterocycles. The first-order chi connectivity index (χ1) is 9.16. The lowest BCUT2D eigenvalue weighted by atomic mass is 9.87. The quantitative estimate of drug-likeness (QED) is 0.891. The minimum Gasteiger partial charge on any atom is -0.393 e. The van der Waals surface area contributed by atoms with E-state index in [0.717, 1.165) is 42.7 Å². The van der Waals surface area contributed by atoms with Crippen molar-refractivity contribution in [3.8, 4) is 0 Å². The van der Waals surface area contributed by atoms with E-state index in [1.165, 1.54) is 0 Å². The van der Waals surface area contributed by atoms with Gasteiger partial charge < -0.3 is 10.4 Å². The number of aliphatic hydroxyl groups is 1. The fourth-order valence-electron chi connectivity index (χ4n) is 2.50. The molecule has 1 aromatic carbocycles. The molecule has 1 aliphatic carbocycles. The summed E-state index contributed by atoms with van der Waals surface area (Å²) in [5, 5.41) is 13.1. The Morgan fingerprint density at radius 1 is 1.26 bits per heavy atom. The van der Waals surface area contributed by atoms with Gasteiger partial charge in [-0.1, -0.05) is 29.8 Å². The molecule has 0 aromatic heterocycles. The molecule has 0 radical (unpaired) electrons. The van der Waals surface area contributed by atoms with Gasteiger partial charge in [-0.2, -0.15) is 0 Å². The highest BCUT2D eigenvalue weighted by atomic mass is 35.5. The highest BCUT2D eigenvalue weighted by molar-refractivity contribution is 6.31. The molecule has 104 valence electrons. The molecule has 1 fully saturated rings. The molecule has 3 nitrogen and oxygen atoms in total. The minimum atomic E-state index is -0.216. The molecule has 0 bridgehead atoms. The third-order valence-electron chi connectivity index (χ3n) is 3.72. The monoisotopic (exact) mass is 281 g/mol. The van der Waals surface area contributed by atoms with Crippen LogP contribution in [0.2, 0.25) is 5.02 Å². The summed E-state index contributed by atoms with van der Waals surface area (Å²) in [5.41, 5.74) is 1.06. The standard InChI is InChI=1S/C15H20ClNO2/c16-14-4-2-1-3-11(14)9-10-17-15(19)12-5-7-13(18)8-6-12/h1-4,12-13,18H,5-10H2,(H,17,19). The first-order valence-electron chi connectivity index (χ1n) is 6.86. The number of nitrogens with one attached hydrogen (secondary N) is 1. The van der Waals surface area contributed by atoms with Crippen LogP contribution in [0.25, 0.3) is 0 Å². The number of carbonyl (C=O) groups is 1. The van der Waals surface area contributed by atoms with Crippen LogP contribution in [-0.2, 0) is 11.2 Å². The average Bonchev–Trinajstić information content (AvgIpc) is 2.41. The Balaban J connectivity index is 1.74. The summed E-state index contributed by atoms with van der Waals surface area (Å²) >= 11 is 6.06. The number of rotatable bonds is 4. The van der Waals surface area contributed by atoms with Gasteiger partial charge in [0.25, 0.3) is 0 Å². The van der Waals surface area contributed by atoms with Gasteiger partial charge >= 0.3 is 0 Å². The fourth-order valence-corrected chi connectivity index (χ4v) is 2.73. The zero-order valence-corrected chi connectivity index (χ0v) is 11.7. The van der Waals surface area contributed by atoms with E-state index in [9.17, 15) is 9.90 Å². The van der Waals surface area contributed by atoms with Crippen molar-refractivity contribution in [3.05, 3.63) is 34.9 Å². The lowest BCUT2D eigenvalue weighted by Gasteiger charge is -2.24. The van der Waals surface area contributed by atoms with Crippen LogP contribution in [0.3, 0.4) is 0 Å². The Bertz CT molecular complexity index is 428. The number of amides is 1. The van der Waals surface area contributed by atoms with Gasteiger partial charge in [-0.3, -0.25) is 4.79 Å². The Morgan fingerprint density at radius 2 is 1.95 bits per heavy atom. The van der Waals surface area contributed by atoms with E-state index in [-0.39, 0.29) is 17.9 Å².